The summed E-state index contributed by atoms with van der Waals surface area (Å²) in [6, 6.07) is 0. The monoisotopic (exact) mass is 227 g/mol. The first kappa shape index (κ1) is 13.7. The van der Waals surface area contributed by atoms with Crippen LogP contribution in [0.3, 0.4) is 0 Å². The molecule has 0 heterocycles. The summed E-state index contributed by atoms with van der Waals surface area (Å²) in [6.07, 6.45) is -4.98. The van der Waals surface area contributed by atoms with Crippen molar-refractivity contribution in [3.63, 3.8) is 0 Å². The molecule has 0 aliphatic rings. The van der Waals surface area contributed by atoms with E-state index in [2.05, 4.69) is 4.74 Å². The normalized spacial score (nSPS) is 12.1. The van der Waals surface area contributed by atoms with Crippen molar-refractivity contribution >= 4 is 11.9 Å². The third-order valence-electron chi connectivity index (χ3n) is 1.07. The lowest BCUT2D eigenvalue weighted by Gasteiger charge is -2.19. The zero-order valence-electron chi connectivity index (χ0n) is 8.57. The number of rotatable bonds is 2. The van der Waals surface area contributed by atoms with Crippen molar-refractivity contribution in [3.05, 3.63) is 0 Å². The van der Waals surface area contributed by atoms with E-state index >= 15 is 0 Å². The number of alkyl halides is 3. The van der Waals surface area contributed by atoms with Gasteiger partial charge in [-0.15, -0.1) is 0 Å². The molecule has 0 aromatic carbocycles. The highest BCUT2D eigenvalue weighted by Gasteiger charge is 2.38. The van der Waals surface area contributed by atoms with Crippen LogP contribution in [0, 0.1) is 0 Å². The van der Waals surface area contributed by atoms with E-state index < -0.39 is 30.2 Å². The molecule has 4 nitrogen and oxygen atoms in total. The summed E-state index contributed by atoms with van der Waals surface area (Å²) in [6.45, 7) is 3.90. The molecule has 0 radical (unpaired) electrons. The van der Waals surface area contributed by atoms with Crippen molar-refractivity contribution in [2.45, 2.75) is 32.5 Å². The van der Waals surface area contributed by atoms with Crippen LogP contribution in [0.4, 0.5) is 13.2 Å². The van der Waals surface area contributed by atoms with E-state index in [4.69, 9.17) is 0 Å². The standard InChI is InChI=1S/C8H12F3NO3/c1-7(2,3)15-5(13)4-12-6(14)8(9,10)11/h4H2,1-3H3,(H,12,14). The van der Waals surface area contributed by atoms with Gasteiger partial charge in [0.15, 0.2) is 0 Å². The molecule has 0 saturated heterocycles. The number of esters is 1. The number of halogens is 3. The van der Waals surface area contributed by atoms with Crippen LogP contribution in [0.5, 0.6) is 0 Å². The summed E-state index contributed by atoms with van der Waals surface area (Å²) in [5.41, 5.74) is -0.792. The lowest BCUT2D eigenvalue weighted by atomic mass is 10.2. The number of carbonyl (C=O) groups excluding carboxylic acids is 2. The number of hydrogen-bond donors (Lipinski definition) is 1. The van der Waals surface area contributed by atoms with Crippen molar-refractivity contribution in [2.24, 2.45) is 0 Å². The quantitative estimate of drug-likeness (QED) is 0.716. The van der Waals surface area contributed by atoms with E-state index in [0.717, 1.165) is 0 Å². The van der Waals surface area contributed by atoms with Gasteiger partial charge >= 0.3 is 18.1 Å². The molecule has 0 atom stereocenters. The van der Waals surface area contributed by atoms with Gasteiger partial charge in [-0.1, -0.05) is 0 Å². The molecule has 0 unspecified atom stereocenters. The van der Waals surface area contributed by atoms with Gasteiger partial charge in [-0.25, -0.2) is 0 Å². The average molecular weight is 227 g/mol. The fourth-order valence-corrected chi connectivity index (χ4v) is 0.630. The fraction of sp³-hybridized carbons (Fsp3) is 0.750. The Morgan fingerprint density at radius 1 is 1.20 bits per heavy atom. The first-order valence-corrected chi connectivity index (χ1v) is 4.09. The molecule has 0 rings (SSSR count). The third-order valence-corrected chi connectivity index (χ3v) is 1.07. The second-order valence-corrected chi connectivity index (χ2v) is 3.77. The highest BCUT2D eigenvalue weighted by Crippen LogP contribution is 2.14. The summed E-state index contributed by atoms with van der Waals surface area (Å²) >= 11 is 0. The Hall–Kier alpha value is -1.27. The van der Waals surface area contributed by atoms with Crippen LogP contribution in [-0.4, -0.2) is 30.2 Å². The van der Waals surface area contributed by atoms with Crippen LogP contribution in [-0.2, 0) is 14.3 Å². The highest BCUT2D eigenvalue weighted by atomic mass is 19.4. The second-order valence-electron chi connectivity index (χ2n) is 3.77. The summed E-state index contributed by atoms with van der Waals surface area (Å²) in [5, 5.41) is 1.41. The Kier molecular flexibility index (Phi) is 4.12. The maximum absolute atomic E-state index is 11.7. The van der Waals surface area contributed by atoms with E-state index in [1.807, 2.05) is 0 Å². The van der Waals surface area contributed by atoms with Gasteiger partial charge in [0.25, 0.3) is 0 Å². The Morgan fingerprint density at radius 3 is 2.00 bits per heavy atom. The van der Waals surface area contributed by atoms with Crippen molar-refractivity contribution in [1.29, 1.82) is 0 Å². The van der Waals surface area contributed by atoms with Crippen molar-refractivity contribution in [1.82, 2.24) is 5.32 Å². The molecule has 0 aromatic rings. The Bertz CT molecular complexity index is 255. The highest BCUT2D eigenvalue weighted by molar-refractivity contribution is 5.85. The first-order valence-electron chi connectivity index (χ1n) is 4.09. The van der Waals surface area contributed by atoms with Gasteiger partial charge in [-0.2, -0.15) is 13.2 Å². The second kappa shape index (κ2) is 4.50. The van der Waals surface area contributed by atoms with E-state index in [0.29, 0.717) is 0 Å². The number of ether oxygens (including phenoxy) is 1. The predicted octanol–water partition coefficient (Wildman–Crippen LogP) is 1.01. The molecule has 0 aromatic heterocycles. The van der Waals surface area contributed by atoms with Crippen molar-refractivity contribution in [2.75, 3.05) is 6.54 Å². The third kappa shape index (κ3) is 6.75. The summed E-state index contributed by atoms with van der Waals surface area (Å²) in [5.74, 6) is -3.08. The SMILES string of the molecule is CC(C)(C)OC(=O)CNC(=O)C(F)(F)F. The van der Waals surface area contributed by atoms with Gasteiger partial charge in [-0.05, 0) is 20.8 Å². The minimum atomic E-state index is -4.98. The van der Waals surface area contributed by atoms with Crippen molar-refractivity contribution < 1.29 is 27.5 Å². The molecular weight excluding hydrogens is 215 g/mol. The number of hydrogen-bond acceptors (Lipinski definition) is 3. The van der Waals surface area contributed by atoms with E-state index in [1.165, 1.54) is 5.32 Å². The predicted molar refractivity (Wildman–Crippen MR) is 44.9 cm³/mol. The lowest BCUT2D eigenvalue weighted by Crippen LogP contribution is -2.41. The van der Waals surface area contributed by atoms with Gasteiger partial charge in [0.1, 0.15) is 12.1 Å². The van der Waals surface area contributed by atoms with Gasteiger partial charge in [0.05, 0.1) is 0 Å². The molecule has 0 fully saturated rings. The van der Waals surface area contributed by atoms with E-state index in [9.17, 15) is 22.8 Å². The molecule has 0 bridgehead atoms. The first-order chi connectivity index (χ1) is 6.52. The number of amides is 1. The van der Waals surface area contributed by atoms with Crippen molar-refractivity contribution in [3.8, 4) is 0 Å². The number of carbonyl (C=O) groups is 2. The summed E-state index contributed by atoms with van der Waals surface area (Å²) < 4.78 is 39.7. The van der Waals surface area contributed by atoms with Gasteiger partial charge in [0, 0.05) is 0 Å². The minimum Gasteiger partial charge on any atom is -0.459 e. The van der Waals surface area contributed by atoms with E-state index in [-0.39, 0.29) is 0 Å². The van der Waals surface area contributed by atoms with Gasteiger partial charge < -0.3 is 10.1 Å². The van der Waals surface area contributed by atoms with Gasteiger partial charge in [-0.3, -0.25) is 9.59 Å². The lowest BCUT2D eigenvalue weighted by molar-refractivity contribution is -0.175. The summed E-state index contributed by atoms with van der Waals surface area (Å²) in [4.78, 5) is 21.2. The molecule has 1 amide bonds. The minimum absolute atomic E-state index is 0.792. The topological polar surface area (TPSA) is 55.4 Å². The Balaban J connectivity index is 3.98. The summed E-state index contributed by atoms with van der Waals surface area (Å²) in [7, 11) is 0. The molecule has 88 valence electrons. The molecule has 15 heavy (non-hydrogen) atoms. The Morgan fingerprint density at radius 2 is 1.67 bits per heavy atom. The molecular formula is C8H12F3NO3. The average Bonchev–Trinajstić information content (AvgIpc) is 1.94. The maximum atomic E-state index is 11.7. The van der Waals surface area contributed by atoms with Crippen LogP contribution >= 0.6 is 0 Å². The zero-order chi connectivity index (χ0) is 12.3. The Labute approximate surface area is 84.8 Å². The van der Waals surface area contributed by atoms with Crippen LogP contribution in [0.2, 0.25) is 0 Å². The van der Waals surface area contributed by atoms with Crippen LogP contribution in [0.25, 0.3) is 0 Å². The van der Waals surface area contributed by atoms with Crippen LogP contribution < -0.4 is 5.32 Å². The molecule has 0 aliphatic carbocycles. The smallest absolute Gasteiger partial charge is 0.459 e. The zero-order valence-corrected chi connectivity index (χ0v) is 8.57. The number of nitrogens with one attached hydrogen (secondary N) is 1. The molecule has 7 heteroatoms. The van der Waals surface area contributed by atoms with E-state index in [1.54, 1.807) is 20.8 Å². The molecule has 0 saturated carbocycles. The fourth-order valence-electron chi connectivity index (χ4n) is 0.630. The maximum Gasteiger partial charge on any atom is 0.471 e. The van der Waals surface area contributed by atoms with Crippen LogP contribution in [0.1, 0.15) is 20.8 Å². The largest absolute Gasteiger partial charge is 0.471 e. The van der Waals surface area contributed by atoms with Gasteiger partial charge in [0.2, 0.25) is 0 Å². The molecule has 0 aliphatic heterocycles. The molecule has 0 spiro atoms. The van der Waals surface area contributed by atoms with Crippen LogP contribution in [0.15, 0.2) is 0 Å². The molecule has 1 N–H and O–H groups in total.